The summed E-state index contributed by atoms with van der Waals surface area (Å²) in [5.41, 5.74) is -0.210. The molecule has 0 aliphatic heterocycles. The van der Waals surface area contributed by atoms with Crippen molar-refractivity contribution in [3.05, 3.63) is 0 Å². The SMILES string of the molecule is CCC(C#CCBr)(CC)O[Si](C)(C)C. The van der Waals surface area contributed by atoms with Crippen molar-refractivity contribution < 1.29 is 4.43 Å². The van der Waals surface area contributed by atoms with Crippen molar-refractivity contribution in [3.63, 3.8) is 0 Å². The van der Waals surface area contributed by atoms with Gasteiger partial charge in [0.05, 0.1) is 5.33 Å². The van der Waals surface area contributed by atoms with Crippen molar-refractivity contribution in [1.82, 2.24) is 0 Å². The summed E-state index contributed by atoms with van der Waals surface area (Å²) in [5.74, 6) is 6.33. The Labute approximate surface area is 97.9 Å². The van der Waals surface area contributed by atoms with Crippen LogP contribution in [-0.4, -0.2) is 19.2 Å². The zero-order valence-electron chi connectivity index (χ0n) is 9.91. The van der Waals surface area contributed by atoms with Gasteiger partial charge >= 0.3 is 0 Å². The normalized spacial score (nSPS) is 12.1. The van der Waals surface area contributed by atoms with E-state index >= 15 is 0 Å². The van der Waals surface area contributed by atoms with Gasteiger partial charge in [-0.1, -0.05) is 41.6 Å². The molecule has 0 aromatic rings. The summed E-state index contributed by atoms with van der Waals surface area (Å²) in [7, 11) is -1.50. The van der Waals surface area contributed by atoms with Crippen LogP contribution in [0.5, 0.6) is 0 Å². The van der Waals surface area contributed by atoms with Gasteiger partial charge in [0.15, 0.2) is 8.32 Å². The van der Waals surface area contributed by atoms with E-state index in [2.05, 4.69) is 61.3 Å². The number of hydrogen-bond donors (Lipinski definition) is 0. The van der Waals surface area contributed by atoms with Gasteiger partial charge < -0.3 is 4.43 Å². The third-order valence-corrected chi connectivity index (χ3v) is 3.31. The summed E-state index contributed by atoms with van der Waals surface area (Å²) in [5, 5.41) is 0.726. The third-order valence-electron chi connectivity index (χ3n) is 2.03. The zero-order chi connectivity index (χ0) is 11.2. The first-order valence-corrected chi connectivity index (χ1v) is 9.68. The highest BCUT2D eigenvalue weighted by atomic mass is 79.9. The summed E-state index contributed by atoms with van der Waals surface area (Å²) in [6.45, 7) is 10.9. The molecule has 0 heterocycles. The van der Waals surface area contributed by atoms with Crippen LogP contribution in [0.3, 0.4) is 0 Å². The quantitative estimate of drug-likeness (QED) is 0.431. The second-order valence-electron chi connectivity index (χ2n) is 4.35. The third kappa shape index (κ3) is 5.19. The van der Waals surface area contributed by atoms with Crippen molar-refractivity contribution in [2.45, 2.75) is 51.9 Å². The van der Waals surface area contributed by atoms with Gasteiger partial charge in [0.25, 0.3) is 0 Å². The Hall–Kier alpha value is 0.217. The van der Waals surface area contributed by atoms with Crippen molar-refractivity contribution in [1.29, 1.82) is 0 Å². The lowest BCUT2D eigenvalue weighted by molar-refractivity contribution is 0.113. The Morgan fingerprint density at radius 1 is 1.21 bits per heavy atom. The lowest BCUT2D eigenvalue weighted by atomic mass is 9.99. The van der Waals surface area contributed by atoms with Crippen LogP contribution in [0.25, 0.3) is 0 Å². The first-order valence-electron chi connectivity index (χ1n) is 5.15. The predicted molar refractivity (Wildman–Crippen MR) is 69.3 cm³/mol. The Kier molecular flexibility index (Phi) is 6.04. The monoisotopic (exact) mass is 276 g/mol. The average Bonchev–Trinajstić information content (AvgIpc) is 2.10. The molecule has 0 aromatic heterocycles. The molecule has 14 heavy (non-hydrogen) atoms. The van der Waals surface area contributed by atoms with Gasteiger partial charge in [0.1, 0.15) is 5.60 Å². The first kappa shape index (κ1) is 14.2. The van der Waals surface area contributed by atoms with Gasteiger partial charge in [-0.3, -0.25) is 0 Å². The Balaban J connectivity index is 4.70. The van der Waals surface area contributed by atoms with E-state index < -0.39 is 8.32 Å². The Bertz CT molecular complexity index is 218. The standard InChI is InChI=1S/C11H21BrOSi/c1-6-11(7-2,9-8-10-12)13-14(3,4)5/h6-7,10H2,1-5H3. The van der Waals surface area contributed by atoms with Gasteiger partial charge in [0, 0.05) is 0 Å². The fourth-order valence-electron chi connectivity index (χ4n) is 1.38. The lowest BCUT2D eigenvalue weighted by Gasteiger charge is -2.33. The van der Waals surface area contributed by atoms with E-state index in [4.69, 9.17) is 4.43 Å². The fourth-order valence-corrected chi connectivity index (χ4v) is 3.03. The average molecular weight is 277 g/mol. The molecule has 0 aliphatic carbocycles. The van der Waals surface area contributed by atoms with E-state index in [0.29, 0.717) is 0 Å². The van der Waals surface area contributed by atoms with Crippen LogP contribution in [-0.2, 0) is 4.43 Å². The molecule has 1 nitrogen and oxygen atoms in total. The molecule has 0 aliphatic rings. The molecule has 0 N–H and O–H groups in total. The molecule has 3 heteroatoms. The molecule has 0 rings (SSSR count). The largest absolute Gasteiger partial charge is 0.402 e. The van der Waals surface area contributed by atoms with Gasteiger partial charge in [-0.25, -0.2) is 0 Å². The zero-order valence-corrected chi connectivity index (χ0v) is 12.5. The first-order chi connectivity index (χ1) is 6.39. The fraction of sp³-hybridized carbons (Fsp3) is 0.818. The molecule has 0 radical (unpaired) electrons. The summed E-state index contributed by atoms with van der Waals surface area (Å²) < 4.78 is 6.17. The molecule has 82 valence electrons. The number of halogens is 1. The molecule has 0 unspecified atom stereocenters. The summed E-state index contributed by atoms with van der Waals surface area (Å²) in [6, 6.07) is 0. The van der Waals surface area contributed by atoms with Gasteiger partial charge in [-0.2, -0.15) is 0 Å². The number of rotatable bonds is 4. The van der Waals surface area contributed by atoms with E-state index in [1.54, 1.807) is 0 Å². The Morgan fingerprint density at radius 2 is 1.71 bits per heavy atom. The highest BCUT2D eigenvalue weighted by molar-refractivity contribution is 9.09. The minimum absolute atomic E-state index is 0.210. The molecule has 0 atom stereocenters. The smallest absolute Gasteiger partial charge is 0.185 e. The van der Waals surface area contributed by atoms with Gasteiger partial charge in [0.2, 0.25) is 0 Å². The second kappa shape index (κ2) is 5.94. The lowest BCUT2D eigenvalue weighted by Crippen LogP contribution is -2.41. The van der Waals surface area contributed by atoms with E-state index in [9.17, 15) is 0 Å². The van der Waals surface area contributed by atoms with E-state index in [-0.39, 0.29) is 5.60 Å². The maximum Gasteiger partial charge on any atom is 0.185 e. The topological polar surface area (TPSA) is 9.23 Å². The van der Waals surface area contributed by atoms with Crippen LogP contribution in [0.4, 0.5) is 0 Å². The van der Waals surface area contributed by atoms with Crippen LogP contribution in [0.1, 0.15) is 26.7 Å². The predicted octanol–water partition coefficient (Wildman–Crippen LogP) is 3.80. The van der Waals surface area contributed by atoms with Crippen LogP contribution in [0, 0.1) is 11.8 Å². The molecule has 0 fully saturated rings. The van der Waals surface area contributed by atoms with Crippen molar-refractivity contribution in [2.24, 2.45) is 0 Å². The maximum atomic E-state index is 6.17. The molecule has 0 saturated carbocycles. The van der Waals surface area contributed by atoms with E-state index in [1.165, 1.54) is 0 Å². The van der Waals surface area contributed by atoms with Crippen LogP contribution in [0.15, 0.2) is 0 Å². The molecule has 0 saturated heterocycles. The molecule has 0 amide bonds. The van der Waals surface area contributed by atoms with Crippen molar-refractivity contribution in [2.75, 3.05) is 5.33 Å². The molecular formula is C11H21BrOSi. The van der Waals surface area contributed by atoms with Crippen LogP contribution < -0.4 is 0 Å². The van der Waals surface area contributed by atoms with Crippen molar-refractivity contribution in [3.8, 4) is 11.8 Å². The van der Waals surface area contributed by atoms with E-state index in [0.717, 1.165) is 18.2 Å². The number of alkyl halides is 1. The maximum absolute atomic E-state index is 6.17. The van der Waals surface area contributed by atoms with Crippen molar-refractivity contribution >= 4 is 24.2 Å². The van der Waals surface area contributed by atoms with Gasteiger partial charge in [-0.15, -0.1) is 0 Å². The second-order valence-corrected chi connectivity index (χ2v) is 9.34. The minimum Gasteiger partial charge on any atom is -0.402 e. The highest BCUT2D eigenvalue weighted by Gasteiger charge is 2.31. The summed E-state index contributed by atoms with van der Waals surface area (Å²) in [4.78, 5) is 0. The van der Waals surface area contributed by atoms with Gasteiger partial charge in [-0.05, 0) is 32.5 Å². The molecule has 0 spiro atoms. The summed E-state index contributed by atoms with van der Waals surface area (Å²) in [6.07, 6.45) is 1.93. The minimum atomic E-state index is -1.50. The molecular weight excluding hydrogens is 256 g/mol. The Morgan fingerprint density at radius 3 is 2.00 bits per heavy atom. The van der Waals surface area contributed by atoms with Crippen LogP contribution in [0.2, 0.25) is 19.6 Å². The molecule has 0 aromatic carbocycles. The van der Waals surface area contributed by atoms with Crippen LogP contribution >= 0.6 is 15.9 Å². The highest BCUT2D eigenvalue weighted by Crippen LogP contribution is 2.24. The van der Waals surface area contributed by atoms with E-state index in [1.807, 2.05) is 0 Å². The summed E-state index contributed by atoms with van der Waals surface area (Å²) >= 11 is 3.32. The molecule has 0 bridgehead atoms. The number of hydrogen-bond acceptors (Lipinski definition) is 1.